The third kappa shape index (κ3) is 19.1. The van der Waals surface area contributed by atoms with Crippen molar-refractivity contribution in [1.82, 2.24) is 29.9 Å². The van der Waals surface area contributed by atoms with E-state index in [1.165, 1.54) is 26.4 Å². The van der Waals surface area contributed by atoms with E-state index in [4.69, 9.17) is 18.9 Å². The first-order valence-electron chi connectivity index (χ1n) is 23.5. The van der Waals surface area contributed by atoms with E-state index in [0.29, 0.717) is 36.4 Å². The van der Waals surface area contributed by atoms with Gasteiger partial charge in [0.1, 0.15) is 19.6 Å². The number of hydrogen-bond donors (Lipinski definition) is 12. The number of rotatable bonds is 30. The average molecular weight is 1290 g/mol. The number of aromatic nitrogens is 6. The van der Waals surface area contributed by atoms with Gasteiger partial charge < -0.3 is 50.8 Å². The van der Waals surface area contributed by atoms with Crippen molar-refractivity contribution in [2.75, 3.05) is 85.8 Å². The van der Waals surface area contributed by atoms with Gasteiger partial charge in [-0.05, 0) is 85.6 Å². The zero-order valence-electron chi connectivity index (χ0n) is 43.8. The predicted molar refractivity (Wildman–Crippen MR) is 298 cm³/mol. The standard InChI is InChI=1S/C44H52N12O22S6/c1-25(23-77-17-15-75-3)45-39-51-41(55-43(53-39)49-33-21-31(79(57,58)59)11-13-35(33)81(63,64)65)47-29-9-7-27(37(19-29)83(69,70)71)5-6-28-8-10-30(20-38(28)84(72,73)74)48-42-52-40(46-26(2)24-78-18-16-76-4)54-44(56-42)50-34-22-32(80(60,61)62)12-14-36(34)82(66,67)68/h5-14,19-22,25-26H,15-18,23-24H2,1-4H3,(H,57,58,59)(H,60,61,62)(H,63,64,65)(H,66,67,68)(H,69,70,71)(H,72,73,74)(H3,45,47,49,51,53,55)(H3,46,48,50,52,54,56)/b6-5+. The molecule has 0 saturated carbocycles. The van der Waals surface area contributed by atoms with Crippen LogP contribution in [0.15, 0.2) is 102 Å². The maximum atomic E-state index is 12.9. The van der Waals surface area contributed by atoms with Gasteiger partial charge in [0.05, 0.1) is 60.8 Å². The number of ether oxygens (including phenoxy) is 4. The fraction of sp³-hybridized carbons (Fsp3) is 0.273. The van der Waals surface area contributed by atoms with Crippen molar-refractivity contribution in [3.63, 3.8) is 0 Å². The Labute approximate surface area is 480 Å². The Bertz CT molecular complexity index is 3880. The van der Waals surface area contributed by atoms with Crippen LogP contribution in [0.3, 0.4) is 0 Å². The Kier molecular flexibility index (Phi) is 21.3. The Morgan fingerprint density at radius 3 is 1.04 bits per heavy atom. The van der Waals surface area contributed by atoms with Crippen LogP contribution in [0.5, 0.6) is 0 Å². The van der Waals surface area contributed by atoms with Crippen LogP contribution in [0.25, 0.3) is 12.2 Å². The second-order valence-corrected chi connectivity index (χ2v) is 25.7. The van der Waals surface area contributed by atoms with E-state index in [1.54, 1.807) is 13.8 Å². The van der Waals surface area contributed by atoms with Gasteiger partial charge in [-0.25, -0.2) is 0 Å². The molecule has 6 aromatic rings. The molecule has 0 aliphatic carbocycles. The molecule has 0 aliphatic heterocycles. The number of nitrogens with one attached hydrogen (secondary N) is 6. The van der Waals surface area contributed by atoms with E-state index < -0.39 is 137 Å². The van der Waals surface area contributed by atoms with E-state index in [2.05, 4.69) is 61.8 Å². The second kappa shape index (κ2) is 27.2. The largest absolute Gasteiger partial charge is 0.382 e. The molecule has 0 spiro atoms. The summed E-state index contributed by atoms with van der Waals surface area (Å²) >= 11 is 0. The van der Waals surface area contributed by atoms with Gasteiger partial charge in [-0.2, -0.15) is 80.4 Å². The monoisotopic (exact) mass is 1290 g/mol. The molecule has 6 rings (SSSR count). The maximum Gasteiger partial charge on any atom is 0.296 e. The number of methoxy groups -OCH3 is 2. The highest BCUT2D eigenvalue weighted by Gasteiger charge is 2.25. The van der Waals surface area contributed by atoms with Gasteiger partial charge in [0.15, 0.2) is 0 Å². The van der Waals surface area contributed by atoms with E-state index in [-0.39, 0.29) is 74.0 Å². The van der Waals surface area contributed by atoms with Crippen molar-refractivity contribution in [2.24, 2.45) is 0 Å². The van der Waals surface area contributed by atoms with Gasteiger partial charge in [0, 0.05) is 37.7 Å². The van der Waals surface area contributed by atoms with Gasteiger partial charge in [0.2, 0.25) is 35.7 Å². The Hall–Kier alpha value is -7.26. The second-order valence-electron chi connectivity index (χ2n) is 17.3. The lowest BCUT2D eigenvalue weighted by atomic mass is 10.1. The van der Waals surface area contributed by atoms with Crippen LogP contribution in [0.1, 0.15) is 25.0 Å². The molecule has 2 aromatic heterocycles. The molecule has 456 valence electrons. The van der Waals surface area contributed by atoms with E-state index in [9.17, 15) is 77.8 Å². The highest BCUT2D eigenvalue weighted by Crippen LogP contribution is 2.32. The van der Waals surface area contributed by atoms with Crippen molar-refractivity contribution in [3.8, 4) is 0 Å². The average Bonchev–Trinajstić information content (AvgIpc) is 2.55. The molecule has 2 atom stereocenters. The molecule has 12 N–H and O–H groups in total. The highest BCUT2D eigenvalue weighted by molar-refractivity contribution is 7.87. The van der Waals surface area contributed by atoms with Crippen LogP contribution in [0.2, 0.25) is 0 Å². The SMILES string of the molecule is COCCOCC(C)Nc1nc(Nc2ccc(/C=C/c3ccc(Nc4nc(Nc5cc(S(=O)(=O)O)ccc5S(=O)(=O)O)nc(NC(C)COCCOC)n4)cc3S(=O)(=O)O)c(S(=O)(=O)O)c2)nc(Nc2cc(S(=O)(=O)O)ccc2S(=O)(=O)O)n1. The molecule has 2 unspecified atom stereocenters. The smallest absolute Gasteiger partial charge is 0.296 e. The summed E-state index contributed by atoms with van der Waals surface area (Å²) in [7, 11) is -27.4. The number of benzene rings is 4. The van der Waals surface area contributed by atoms with Gasteiger partial charge in [-0.15, -0.1) is 0 Å². The molecule has 34 nitrogen and oxygen atoms in total. The van der Waals surface area contributed by atoms with Crippen molar-refractivity contribution in [3.05, 3.63) is 83.9 Å². The zero-order chi connectivity index (χ0) is 62.0. The Balaban J connectivity index is 1.35. The molecule has 2 heterocycles. The topological polar surface area (TPSA) is 513 Å². The Morgan fingerprint density at radius 2 is 0.726 bits per heavy atom. The molecule has 0 radical (unpaired) electrons. The van der Waals surface area contributed by atoms with Gasteiger partial charge >= 0.3 is 0 Å². The summed E-state index contributed by atoms with van der Waals surface area (Å²) in [5.41, 5.74) is -2.10. The molecule has 84 heavy (non-hydrogen) atoms. The van der Waals surface area contributed by atoms with Crippen LogP contribution >= 0.6 is 0 Å². The molecule has 0 amide bonds. The summed E-state index contributed by atoms with van der Waals surface area (Å²) < 4.78 is 230. The summed E-state index contributed by atoms with van der Waals surface area (Å²) in [6, 6.07) is 9.56. The lowest BCUT2D eigenvalue weighted by Gasteiger charge is -2.17. The van der Waals surface area contributed by atoms with Gasteiger partial charge in [0.25, 0.3) is 60.7 Å². The van der Waals surface area contributed by atoms with Crippen LogP contribution in [0, 0.1) is 0 Å². The minimum atomic E-state index is -5.16. The third-order valence-electron chi connectivity index (χ3n) is 10.7. The van der Waals surface area contributed by atoms with Crippen LogP contribution < -0.4 is 31.9 Å². The number of anilines is 10. The summed E-state index contributed by atoms with van der Waals surface area (Å²) in [6.45, 7) is 4.35. The van der Waals surface area contributed by atoms with E-state index in [0.717, 1.165) is 36.4 Å². The zero-order valence-corrected chi connectivity index (χ0v) is 48.7. The van der Waals surface area contributed by atoms with Crippen molar-refractivity contribution in [2.45, 2.75) is 55.3 Å². The first-order chi connectivity index (χ1) is 39.1. The summed E-state index contributed by atoms with van der Waals surface area (Å²) in [5, 5.41) is 16.1. The minimum absolute atomic E-state index is 0.0598. The Morgan fingerprint density at radius 1 is 0.405 bits per heavy atom. The molecule has 0 aliphatic rings. The number of nitrogens with zero attached hydrogens (tertiary/aromatic N) is 6. The fourth-order valence-corrected chi connectivity index (χ4v) is 10.7. The van der Waals surface area contributed by atoms with E-state index in [1.807, 2.05) is 0 Å². The summed E-state index contributed by atoms with van der Waals surface area (Å²) in [6.07, 6.45) is 2.11. The van der Waals surface area contributed by atoms with Crippen molar-refractivity contribution < 1.29 is 96.8 Å². The molecular weight excluding hydrogens is 1240 g/mol. The minimum Gasteiger partial charge on any atom is -0.382 e. The van der Waals surface area contributed by atoms with Crippen LogP contribution in [-0.4, -0.2) is 174 Å². The first-order valence-corrected chi connectivity index (χ1v) is 32.1. The van der Waals surface area contributed by atoms with Crippen molar-refractivity contribution >= 4 is 131 Å². The summed E-state index contributed by atoms with van der Waals surface area (Å²) in [5.74, 6) is -2.36. The molecule has 0 bridgehead atoms. The lowest BCUT2D eigenvalue weighted by molar-refractivity contribution is 0.0676. The predicted octanol–water partition coefficient (Wildman–Crippen LogP) is 3.61. The first kappa shape index (κ1) is 65.9. The van der Waals surface area contributed by atoms with Crippen LogP contribution in [0.4, 0.5) is 58.4 Å². The van der Waals surface area contributed by atoms with Crippen LogP contribution in [-0.2, 0) is 79.7 Å². The molecule has 40 heteroatoms. The quantitative estimate of drug-likeness (QED) is 0.0174. The van der Waals surface area contributed by atoms with E-state index >= 15 is 0 Å². The molecule has 4 aromatic carbocycles. The maximum absolute atomic E-state index is 12.9. The molecule has 0 saturated heterocycles. The molecular formula is C44H52N12O22S6. The molecule has 0 fully saturated rings. The fourth-order valence-electron chi connectivity index (χ4n) is 7.04. The normalized spacial score (nSPS) is 13.3. The van der Waals surface area contributed by atoms with Gasteiger partial charge in [-0.3, -0.25) is 27.3 Å². The van der Waals surface area contributed by atoms with Crippen molar-refractivity contribution in [1.29, 1.82) is 0 Å². The highest BCUT2D eigenvalue weighted by atomic mass is 32.2. The third-order valence-corrected chi connectivity index (χ3v) is 16.0. The summed E-state index contributed by atoms with van der Waals surface area (Å²) in [4.78, 5) is 20.2. The van der Waals surface area contributed by atoms with Gasteiger partial charge in [-0.1, -0.05) is 24.3 Å². The number of hydrogen-bond acceptors (Lipinski definition) is 28. The lowest BCUT2D eigenvalue weighted by Crippen LogP contribution is -2.24.